The predicted molar refractivity (Wildman–Crippen MR) is 105 cm³/mol. The number of rotatable bonds is 6. The van der Waals surface area contributed by atoms with Gasteiger partial charge in [0, 0.05) is 45.0 Å². The average Bonchev–Trinajstić information content (AvgIpc) is 2.63. The van der Waals surface area contributed by atoms with E-state index in [1.807, 2.05) is 0 Å². The number of piperidine rings is 2. The van der Waals surface area contributed by atoms with Gasteiger partial charge in [0.05, 0.1) is 6.61 Å². The van der Waals surface area contributed by atoms with Crippen molar-refractivity contribution in [3.8, 4) is 0 Å². The molecular weight excluding hydrogens is 350 g/mol. The van der Waals surface area contributed by atoms with E-state index in [1.165, 1.54) is 11.3 Å². The molecule has 6 nitrogen and oxygen atoms in total. The Bertz CT molecular complexity index is 685. The maximum Gasteiger partial charge on any atom is 0.279 e. The molecule has 0 spiro atoms. The molecule has 146 valence electrons. The molecule has 1 aromatic carbocycles. The number of aryl methyl sites for hydroxylation is 1. The van der Waals surface area contributed by atoms with Crippen molar-refractivity contribution >= 4 is 15.9 Å². The van der Waals surface area contributed by atoms with Crippen LogP contribution in [0.15, 0.2) is 24.3 Å². The second kappa shape index (κ2) is 8.69. The Labute approximate surface area is 157 Å². The first-order chi connectivity index (χ1) is 12.5. The Kier molecular flexibility index (Phi) is 6.55. The molecule has 1 N–H and O–H groups in total. The first-order valence-electron chi connectivity index (χ1n) is 9.56. The summed E-state index contributed by atoms with van der Waals surface area (Å²) in [6.07, 6.45) is 3.61. The van der Waals surface area contributed by atoms with Crippen LogP contribution in [0.25, 0.3) is 0 Å². The normalized spacial score (nSPS) is 23.3. The lowest BCUT2D eigenvalue weighted by Gasteiger charge is -2.36. The number of hydrogen-bond donors (Lipinski definition) is 1. The zero-order chi connectivity index (χ0) is 18.6. The minimum atomic E-state index is -3.41. The fourth-order valence-electron chi connectivity index (χ4n) is 3.98. The van der Waals surface area contributed by atoms with Gasteiger partial charge in [0.2, 0.25) is 0 Å². The molecule has 0 saturated carbocycles. The number of hydrogen-bond acceptors (Lipinski definition) is 4. The number of nitrogens with one attached hydrogen (secondary N) is 1. The summed E-state index contributed by atoms with van der Waals surface area (Å²) in [5.41, 5.74) is 2.48. The molecule has 7 heteroatoms. The van der Waals surface area contributed by atoms with Crippen molar-refractivity contribution in [3.63, 3.8) is 0 Å². The Morgan fingerprint density at radius 2 is 1.96 bits per heavy atom. The van der Waals surface area contributed by atoms with E-state index in [2.05, 4.69) is 40.8 Å². The number of anilines is 1. The Morgan fingerprint density at radius 3 is 2.65 bits per heavy atom. The van der Waals surface area contributed by atoms with E-state index < -0.39 is 10.2 Å². The Hall–Kier alpha value is -1.15. The van der Waals surface area contributed by atoms with Crippen LogP contribution in [0.5, 0.6) is 0 Å². The van der Waals surface area contributed by atoms with Gasteiger partial charge in [-0.15, -0.1) is 0 Å². The fraction of sp³-hybridized carbons (Fsp3) is 0.684. The Morgan fingerprint density at radius 1 is 1.19 bits per heavy atom. The van der Waals surface area contributed by atoms with Crippen LogP contribution >= 0.6 is 0 Å². The molecule has 26 heavy (non-hydrogen) atoms. The third-order valence-electron chi connectivity index (χ3n) is 5.40. The molecule has 3 rings (SSSR count). The number of ether oxygens (including phenoxy) is 1. The number of nitrogens with zero attached hydrogens (tertiary/aromatic N) is 2. The monoisotopic (exact) mass is 381 g/mol. The molecule has 2 aliphatic heterocycles. The van der Waals surface area contributed by atoms with Crippen LogP contribution in [0.3, 0.4) is 0 Å². The smallest absolute Gasteiger partial charge is 0.279 e. The van der Waals surface area contributed by atoms with Crippen LogP contribution in [0, 0.1) is 12.8 Å². The quantitative estimate of drug-likeness (QED) is 0.820. The number of benzene rings is 1. The zero-order valence-corrected chi connectivity index (χ0v) is 16.7. The summed E-state index contributed by atoms with van der Waals surface area (Å²) in [5.74, 6) is 0.300. The van der Waals surface area contributed by atoms with Gasteiger partial charge in [0.1, 0.15) is 0 Å². The van der Waals surface area contributed by atoms with Gasteiger partial charge in [-0.2, -0.15) is 17.4 Å². The SMILES string of the molecule is COC[C@H]1CCCN(S(=O)(=O)NC2CCN(c3cccc(C)c3)CC2)C1. The summed E-state index contributed by atoms with van der Waals surface area (Å²) in [4.78, 5) is 2.34. The van der Waals surface area contributed by atoms with Crippen LogP contribution in [0.1, 0.15) is 31.2 Å². The van der Waals surface area contributed by atoms with Crippen molar-refractivity contribution in [1.82, 2.24) is 9.03 Å². The van der Waals surface area contributed by atoms with Gasteiger partial charge in [0.25, 0.3) is 10.2 Å². The minimum Gasteiger partial charge on any atom is -0.384 e. The third kappa shape index (κ3) is 4.97. The zero-order valence-electron chi connectivity index (χ0n) is 15.9. The van der Waals surface area contributed by atoms with Gasteiger partial charge in [-0.1, -0.05) is 12.1 Å². The van der Waals surface area contributed by atoms with Gasteiger partial charge in [-0.05, 0) is 56.2 Å². The molecule has 0 unspecified atom stereocenters. The van der Waals surface area contributed by atoms with E-state index in [9.17, 15) is 8.42 Å². The summed E-state index contributed by atoms with van der Waals surface area (Å²) >= 11 is 0. The van der Waals surface area contributed by atoms with E-state index in [0.717, 1.165) is 38.8 Å². The largest absolute Gasteiger partial charge is 0.384 e. The van der Waals surface area contributed by atoms with Gasteiger partial charge < -0.3 is 9.64 Å². The molecule has 0 amide bonds. The molecule has 0 aromatic heterocycles. The molecule has 1 aromatic rings. The summed E-state index contributed by atoms with van der Waals surface area (Å²) in [6, 6.07) is 8.51. The lowest BCUT2D eigenvalue weighted by molar-refractivity contribution is 0.118. The highest BCUT2D eigenvalue weighted by atomic mass is 32.2. The van der Waals surface area contributed by atoms with Crippen LogP contribution in [0.2, 0.25) is 0 Å². The van der Waals surface area contributed by atoms with Crippen LogP contribution in [-0.4, -0.2) is 58.7 Å². The molecule has 2 aliphatic rings. The molecule has 2 heterocycles. The van der Waals surface area contributed by atoms with Crippen molar-refractivity contribution in [2.24, 2.45) is 5.92 Å². The van der Waals surface area contributed by atoms with Gasteiger partial charge in [0.15, 0.2) is 0 Å². The first kappa shape index (κ1) is 19.6. The van der Waals surface area contributed by atoms with E-state index in [4.69, 9.17) is 4.74 Å². The topological polar surface area (TPSA) is 61.9 Å². The highest BCUT2D eigenvalue weighted by molar-refractivity contribution is 7.87. The van der Waals surface area contributed by atoms with Gasteiger partial charge in [-0.3, -0.25) is 0 Å². The van der Waals surface area contributed by atoms with Crippen molar-refractivity contribution < 1.29 is 13.2 Å². The molecule has 2 fully saturated rings. The fourth-order valence-corrected chi connectivity index (χ4v) is 5.56. The second-order valence-electron chi connectivity index (χ2n) is 7.54. The summed E-state index contributed by atoms with van der Waals surface area (Å²) in [7, 11) is -1.74. The molecular formula is C19H31N3O3S. The average molecular weight is 382 g/mol. The standard InChI is InChI=1S/C19H31N3O3S/c1-16-5-3-7-19(13-16)21-11-8-18(9-12-21)20-26(23,24)22-10-4-6-17(14-22)15-25-2/h3,5,7,13,17-18,20H,4,6,8-12,14-15H2,1-2H3/t17-/m0/s1. The lowest BCUT2D eigenvalue weighted by atomic mass is 10.0. The van der Waals surface area contributed by atoms with Crippen LogP contribution < -0.4 is 9.62 Å². The molecule has 0 aliphatic carbocycles. The number of methoxy groups -OCH3 is 1. The first-order valence-corrected chi connectivity index (χ1v) is 11.0. The molecule has 0 bridgehead atoms. The van der Waals surface area contributed by atoms with Crippen molar-refractivity contribution in [3.05, 3.63) is 29.8 Å². The molecule has 1 atom stereocenters. The predicted octanol–water partition coefficient (Wildman–Crippen LogP) is 2.16. The van der Waals surface area contributed by atoms with E-state index in [-0.39, 0.29) is 6.04 Å². The van der Waals surface area contributed by atoms with Gasteiger partial charge >= 0.3 is 0 Å². The lowest BCUT2D eigenvalue weighted by Crippen LogP contribution is -2.52. The summed E-state index contributed by atoms with van der Waals surface area (Å²) in [5, 5.41) is 0. The maximum absolute atomic E-state index is 12.8. The molecule has 0 radical (unpaired) electrons. The summed E-state index contributed by atoms with van der Waals surface area (Å²) in [6.45, 7) is 5.65. The summed E-state index contributed by atoms with van der Waals surface area (Å²) < 4.78 is 35.3. The van der Waals surface area contributed by atoms with Crippen LogP contribution in [0.4, 0.5) is 5.69 Å². The van der Waals surface area contributed by atoms with E-state index >= 15 is 0 Å². The second-order valence-corrected chi connectivity index (χ2v) is 9.25. The van der Waals surface area contributed by atoms with E-state index in [0.29, 0.717) is 25.6 Å². The van der Waals surface area contributed by atoms with Gasteiger partial charge in [-0.25, -0.2) is 0 Å². The van der Waals surface area contributed by atoms with Crippen LogP contribution in [-0.2, 0) is 14.9 Å². The van der Waals surface area contributed by atoms with Crippen molar-refractivity contribution in [1.29, 1.82) is 0 Å². The highest BCUT2D eigenvalue weighted by Gasteiger charge is 2.31. The Balaban J connectivity index is 1.53. The maximum atomic E-state index is 12.8. The highest BCUT2D eigenvalue weighted by Crippen LogP contribution is 2.23. The third-order valence-corrected chi connectivity index (χ3v) is 7.04. The van der Waals surface area contributed by atoms with Crippen molar-refractivity contribution in [2.45, 2.75) is 38.6 Å². The van der Waals surface area contributed by atoms with Crippen molar-refractivity contribution in [2.75, 3.05) is 44.8 Å². The van der Waals surface area contributed by atoms with E-state index in [1.54, 1.807) is 11.4 Å². The molecule has 2 saturated heterocycles. The minimum absolute atomic E-state index is 0.0175.